The number of phosphoric acid groups is 1. The molecule has 5 nitrogen and oxygen atoms in total. The van der Waals surface area contributed by atoms with Crippen molar-refractivity contribution in [2.75, 3.05) is 0 Å². The standard InChI is InChI=1S/C12H21F6N.H3O4P/c1-9(2,3)19-10(4,5)8(6-11(13,14)15)7-12(16,17)18;1-5(2,3)4/h8,19H,6-7H2,1-5H3;(H3,1,2,3,4). The summed E-state index contributed by atoms with van der Waals surface area (Å²) in [4.78, 5) is 21.6. The molecule has 0 heterocycles. The van der Waals surface area contributed by atoms with Crippen LogP contribution in [0.25, 0.3) is 0 Å². The molecule has 0 saturated heterocycles. The maximum absolute atomic E-state index is 12.4. The van der Waals surface area contributed by atoms with Crippen molar-refractivity contribution in [2.24, 2.45) is 5.92 Å². The molecule has 0 rings (SSSR count). The lowest BCUT2D eigenvalue weighted by molar-refractivity contribution is -0.182. The summed E-state index contributed by atoms with van der Waals surface area (Å²) < 4.78 is 83.6. The molecule has 12 heteroatoms. The first-order valence-corrected chi connectivity index (χ1v) is 8.29. The molecular formula is C12H24F6NO4P. The number of hydrogen-bond donors (Lipinski definition) is 4. The van der Waals surface area contributed by atoms with Gasteiger partial charge >= 0.3 is 20.2 Å². The van der Waals surface area contributed by atoms with Gasteiger partial charge in [0.1, 0.15) is 0 Å². The van der Waals surface area contributed by atoms with Crippen LogP contribution in [0.1, 0.15) is 47.5 Å². The molecule has 148 valence electrons. The second-order valence-electron chi connectivity index (χ2n) is 6.95. The highest BCUT2D eigenvalue weighted by molar-refractivity contribution is 7.45. The topological polar surface area (TPSA) is 89.8 Å². The van der Waals surface area contributed by atoms with Gasteiger partial charge < -0.3 is 20.0 Å². The number of rotatable bonds is 4. The van der Waals surface area contributed by atoms with Crippen LogP contribution in [0.5, 0.6) is 0 Å². The van der Waals surface area contributed by atoms with Crippen molar-refractivity contribution in [1.82, 2.24) is 5.32 Å². The Morgan fingerprint density at radius 2 is 1.08 bits per heavy atom. The van der Waals surface area contributed by atoms with E-state index in [1.54, 1.807) is 20.8 Å². The third-order valence-electron chi connectivity index (χ3n) is 2.67. The zero-order valence-electron chi connectivity index (χ0n) is 14.0. The van der Waals surface area contributed by atoms with Crippen molar-refractivity contribution in [3.8, 4) is 0 Å². The number of halogens is 6. The first kappa shape index (κ1) is 25.9. The van der Waals surface area contributed by atoms with Crippen LogP contribution in [-0.2, 0) is 4.57 Å². The van der Waals surface area contributed by atoms with Gasteiger partial charge in [0.15, 0.2) is 0 Å². The van der Waals surface area contributed by atoms with Crippen LogP contribution >= 0.6 is 7.82 Å². The Bertz CT molecular complexity index is 400. The molecule has 0 spiro atoms. The molecule has 0 aromatic heterocycles. The van der Waals surface area contributed by atoms with Crippen molar-refractivity contribution in [2.45, 2.75) is 70.9 Å². The van der Waals surface area contributed by atoms with E-state index in [4.69, 9.17) is 19.2 Å². The van der Waals surface area contributed by atoms with Crippen LogP contribution in [0.15, 0.2) is 0 Å². The Hall–Kier alpha value is -0.350. The third kappa shape index (κ3) is 19.7. The van der Waals surface area contributed by atoms with Gasteiger partial charge in [0, 0.05) is 23.9 Å². The van der Waals surface area contributed by atoms with E-state index in [9.17, 15) is 26.3 Å². The molecule has 0 fully saturated rings. The summed E-state index contributed by atoms with van der Waals surface area (Å²) in [6, 6.07) is 0. The van der Waals surface area contributed by atoms with Crippen molar-refractivity contribution < 1.29 is 45.6 Å². The van der Waals surface area contributed by atoms with Gasteiger partial charge in [-0.2, -0.15) is 26.3 Å². The van der Waals surface area contributed by atoms with E-state index in [-0.39, 0.29) is 0 Å². The molecule has 0 aromatic carbocycles. The summed E-state index contributed by atoms with van der Waals surface area (Å²) in [5.41, 5.74) is -1.85. The Balaban J connectivity index is 0. The highest BCUT2D eigenvalue weighted by Gasteiger charge is 2.45. The lowest BCUT2D eigenvalue weighted by Crippen LogP contribution is -2.56. The van der Waals surface area contributed by atoms with E-state index in [1.165, 1.54) is 13.8 Å². The van der Waals surface area contributed by atoms with Crippen molar-refractivity contribution in [1.29, 1.82) is 0 Å². The average molecular weight is 391 g/mol. The largest absolute Gasteiger partial charge is 0.466 e. The SMILES string of the molecule is CC(C)(C)NC(C)(C)C(CC(F)(F)F)CC(F)(F)F.O=P(O)(O)O. The minimum atomic E-state index is -4.64. The Morgan fingerprint density at radius 1 is 0.833 bits per heavy atom. The van der Waals surface area contributed by atoms with Crippen molar-refractivity contribution in [3.05, 3.63) is 0 Å². The van der Waals surface area contributed by atoms with E-state index in [0.29, 0.717) is 0 Å². The minimum absolute atomic E-state index is 0.570. The van der Waals surface area contributed by atoms with Gasteiger partial charge in [0.05, 0.1) is 0 Å². The molecule has 0 amide bonds. The van der Waals surface area contributed by atoms with Gasteiger partial charge in [-0.3, -0.25) is 0 Å². The molecule has 24 heavy (non-hydrogen) atoms. The van der Waals surface area contributed by atoms with Crippen LogP contribution in [-0.4, -0.2) is 38.1 Å². The molecule has 0 aromatic rings. The zero-order chi connectivity index (χ0) is 20.2. The second kappa shape index (κ2) is 8.35. The fourth-order valence-corrected chi connectivity index (χ4v) is 2.21. The van der Waals surface area contributed by atoms with E-state index in [0.717, 1.165) is 0 Å². The molecule has 0 radical (unpaired) electrons. The maximum Gasteiger partial charge on any atom is 0.466 e. The first-order valence-electron chi connectivity index (χ1n) is 6.73. The number of alkyl halides is 6. The van der Waals surface area contributed by atoms with Crippen LogP contribution < -0.4 is 5.32 Å². The molecule has 4 N–H and O–H groups in total. The lowest BCUT2D eigenvalue weighted by atomic mass is 9.80. The summed E-state index contributed by atoms with van der Waals surface area (Å²) in [5, 5.41) is 2.84. The quantitative estimate of drug-likeness (QED) is 0.433. The normalized spacial score (nSPS) is 14.5. The molecule has 0 bridgehead atoms. The van der Waals surface area contributed by atoms with E-state index >= 15 is 0 Å². The Morgan fingerprint density at radius 3 is 1.25 bits per heavy atom. The molecule has 0 atom stereocenters. The van der Waals surface area contributed by atoms with E-state index in [1.807, 2.05) is 0 Å². The average Bonchev–Trinajstić information content (AvgIpc) is 2.03. The third-order valence-corrected chi connectivity index (χ3v) is 2.67. The Labute approximate surface area is 136 Å². The van der Waals surface area contributed by atoms with Gasteiger partial charge in [-0.15, -0.1) is 0 Å². The highest BCUT2D eigenvalue weighted by Crippen LogP contribution is 2.39. The van der Waals surface area contributed by atoms with Crippen molar-refractivity contribution >= 4 is 7.82 Å². The van der Waals surface area contributed by atoms with Crippen LogP contribution in [0.3, 0.4) is 0 Å². The van der Waals surface area contributed by atoms with Crippen LogP contribution in [0.2, 0.25) is 0 Å². The van der Waals surface area contributed by atoms with Gasteiger partial charge in [0.2, 0.25) is 0 Å². The highest BCUT2D eigenvalue weighted by atomic mass is 31.2. The number of hydrogen-bond acceptors (Lipinski definition) is 2. The predicted molar refractivity (Wildman–Crippen MR) is 76.1 cm³/mol. The van der Waals surface area contributed by atoms with Gasteiger partial charge in [0.25, 0.3) is 0 Å². The summed E-state index contributed by atoms with van der Waals surface area (Å²) in [7, 11) is -4.64. The van der Waals surface area contributed by atoms with Gasteiger partial charge in [-0.05, 0) is 40.5 Å². The smallest absolute Gasteiger partial charge is 0.307 e. The number of nitrogens with one attached hydrogen (secondary N) is 1. The van der Waals surface area contributed by atoms with Crippen LogP contribution in [0, 0.1) is 5.92 Å². The fourth-order valence-electron chi connectivity index (χ4n) is 2.21. The minimum Gasteiger partial charge on any atom is -0.307 e. The van der Waals surface area contributed by atoms with Crippen molar-refractivity contribution in [3.63, 3.8) is 0 Å². The summed E-state index contributed by atoms with van der Waals surface area (Å²) in [6.07, 6.45) is -12.1. The van der Waals surface area contributed by atoms with E-state index in [2.05, 4.69) is 5.32 Å². The fraction of sp³-hybridized carbons (Fsp3) is 1.00. The summed E-state index contributed by atoms with van der Waals surface area (Å²) >= 11 is 0. The van der Waals surface area contributed by atoms with Gasteiger partial charge in [-0.25, -0.2) is 4.57 Å². The van der Waals surface area contributed by atoms with Gasteiger partial charge in [-0.1, -0.05) is 0 Å². The molecule has 0 saturated carbocycles. The molecule has 0 aliphatic carbocycles. The lowest BCUT2D eigenvalue weighted by Gasteiger charge is -2.41. The predicted octanol–water partition coefficient (Wildman–Crippen LogP) is 3.75. The Kier molecular flexibility index (Phi) is 9.01. The summed E-state index contributed by atoms with van der Waals surface area (Å²) in [6.45, 7) is 7.85. The molecular weight excluding hydrogens is 367 g/mol. The second-order valence-corrected chi connectivity index (χ2v) is 7.97. The molecule has 0 aliphatic rings. The maximum atomic E-state index is 12.4. The summed E-state index contributed by atoms with van der Waals surface area (Å²) in [5.74, 6) is -1.56. The zero-order valence-corrected chi connectivity index (χ0v) is 14.9. The monoisotopic (exact) mass is 391 g/mol. The molecule has 0 unspecified atom stereocenters. The van der Waals surface area contributed by atoms with Crippen LogP contribution in [0.4, 0.5) is 26.3 Å². The first-order chi connectivity index (χ1) is 10.0. The molecule has 0 aliphatic heterocycles. The van der Waals surface area contributed by atoms with E-state index < -0.39 is 50.0 Å².